The molecule has 1 atom stereocenters. The van der Waals surface area contributed by atoms with Crippen LogP contribution in [-0.2, 0) is 0 Å². The fourth-order valence-corrected chi connectivity index (χ4v) is 2.53. The van der Waals surface area contributed by atoms with Gasteiger partial charge in [-0.1, -0.05) is 37.3 Å². The maximum absolute atomic E-state index is 9.41. The number of hydrogen-bond donors (Lipinski definition) is 1. The Morgan fingerprint density at radius 2 is 1.58 bits per heavy atom. The van der Waals surface area contributed by atoms with Gasteiger partial charge < -0.3 is 10.0 Å². The van der Waals surface area contributed by atoms with E-state index in [1.54, 1.807) is 12.1 Å². The number of rotatable bonds is 5. The Labute approximate surface area is 115 Å². The molecule has 100 valence electrons. The molecule has 0 spiro atoms. The molecule has 0 radical (unpaired) electrons. The molecule has 0 saturated carbocycles. The molecule has 0 saturated heterocycles. The quantitative estimate of drug-likeness (QED) is 0.857. The van der Waals surface area contributed by atoms with Crippen molar-refractivity contribution in [3.8, 4) is 5.75 Å². The van der Waals surface area contributed by atoms with Crippen LogP contribution in [0.2, 0.25) is 0 Å². The van der Waals surface area contributed by atoms with Gasteiger partial charge in [-0.2, -0.15) is 0 Å². The zero-order valence-electron chi connectivity index (χ0n) is 11.6. The maximum atomic E-state index is 9.41. The second-order valence-electron chi connectivity index (χ2n) is 4.64. The number of anilines is 1. The van der Waals surface area contributed by atoms with E-state index in [0.29, 0.717) is 11.8 Å². The molecule has 0 aliphatic carbocycles. The van der Waals surface area contributed by atoms with Gasteiger partial charge in [0.15, 0.2) is 0 Å². The van der Waals surface area contributed by atoms with Gasteiger partial charge in [0.1, 0.15) is 5.75 Å². The lowest BCUT2D eigenvalue weighted by Crippen LogP contribution is -2.27. The molecule has 0 heterocycles. The van der Waals surface area contributed by atoms with Crippen LogP contribution in [0.1, 0.15) is 31.9 Å². The molecule has 2 aromatic rings. The Balaban J connectivity index is 2.31. The monoisotopic (exact) mass is 255 g/mol. The van der Waals surface area contributed by atoms with Gasteiger partial charge in [0.25, 0.3) is 0 Å². The highest BCUT2D eigenvalue weighted by Crippen LogP contribution is 2.30. The molecule has 0 bridgehead atoms. The Hall–Kier alpha value is -1.96. The van der Waals surface area contributed by atoms with E-state index >= 15 is 0 Å². The minimum atomic E-state index is 0.321. The van der Waals surface area contributed by atoms with Crippen LogP contribution in [0, 0.1) is 0 Å². The standard InChI is InChI=1S/C17H21NO/c1-3-17(14-10-12-16(19)13-11-14)18(4-2)15-8-6-5-7-9-15/h5-13,17,19H,3-4H2,1-2H3. The Bertz CT molecular complexity index is 492. The van der Waals surface area contributed by atoms with E-state index in [9.17, 15) is 5.11 Å². The number of phenols is 1. The van der Waals surface area contributed by atoms with Crippen molar-refractivity contribution in [3.05, 3.63) is 60.2 Å². The van der Waals surface area contributed by atoms with Crippen LogP contribution in [0.4, 0.5) is 5.69 Å². The summed E-state index contributed by atoms with van der Waals surface area (Å²) in [6.07, 6.45) is 1.04. The predicted octanol–water partition coefficient (Wildman–Crippen LogP) is 4.37. The summed E-state index contributed by atoms with van der Waals surface area (Å²) in [5, 5.41) is 9.41. The summed E-state index contributed by atoms with van der Waals surface area (Å²) in [7, 11) is 0. The van der Waals surface area contributed by atoms with E-state index in [1.165, 1.54) is 11.3 Å². The van der Waals surface area contributed by atoms with Gasteiger partial charge in [-0.05, 0) is 43.2 Å². The zero-order chi connectivity index (χ0) is 13.7. The fourth-order valence-electron chi connectivity index (χ4n) is 2.53. The highest BCUT2D eigenvalue weighted by molar-refractivity contribution is 5.49. The summed E-state index contributed by atoms with van der Waals surface area (Å²) in [6, 6.07) is 18.4. The van der Waals surface area contributed by atoms with Crippen LogP contribution in [0.15, 0.2) is 54.6 Å². The Kier molecular flexibility index (Phi) is 4.45. The number of hydrogen-bond acceptors (Lipinski definition) is 2. The summed E-state index contributed by atoms with van der Waals surface area (Å²) >= 11 is 0. The molecule has 1 N–H and O–H groups in total. The smallest absolute Gasteiger partial charge is 0.115 e. The molecule has 0 aliphatic heterocycles. The summed E-state index contributed by atoms with van der Waals surface area (Å²) in [5.41, 5.74) is 2.48. The van der Waals surface area contributed by atoms with E-state index in [2.05, 4.69) is 43.0 Å². The number of benzene rings is 2. The van der Waals surface area contributed by atoms with Crippen LogP contribution in [0.3, 0.4) is 0 Å². The van der Waals surface area contributed by atoms with Gasteiger partial charge in [-0.3, -0.25) is 0 Å². The van der Waals surface area contributed by atoms with Crippen molar-refractivity contribution >= 4 is 5.69 Å². The lowest BCUT2D eigenvalue weighted by molar-refractivity contribution is 0.474. The molecule has 19 heavy (non-hydrogen) atoms. The molecular formula is C17H21NO. The predicted molar refractivity (Wildman–Crippen MR) is 80.6 cm³/mol. The van der Waals surface area contributed by atoms with Crippen LogP contribution in [0.25, 0.3) is 0 Å². The van der Waals surface area contributed by atoms with E-state index in [4.69, 9.17) is 0 Å². The molecule has 0 aromatic heterocycles. The van der Waals surface area contributed by atoms with Crippen molar-refractivity contribution in [3.63, 3.8) is 0 Å². The van der Waals surface area contributed by atoms with Gasteiger partial charge in [-0.15, -0.1) is 0 Å². The second-order valence-corrected chi connectivity index (χ2v) is 4.64. The third kappa shape index (κ3) is 3.08. The average Bonchev–Trinajstić information content (AvgIpc) is 2.47. The molecule has 2 heteroatoms. The first-order chi connectivity index (χ1) is 9.26. The maximum Gasteiger partial charge on any atom is 0.115 e. The third-order valence-corrected chi connectivity index (χ3v) is 3.47. The Morgan fingerprint density at radius 1 is 0.947 bits per heavy atom. The van der Waals surface area contributed by atoms with Crippen LogP contribution in [0.5, 0.6) is 5.75 Å². The summed E-state index contributed by atoms with van der Waals surface area (Å²) in [6.45, 7) is 5.34. The fraction of sp³-hybridized carbons (Fsp3) is 0.294. The molecule has 0 fully saturated rings. The second kappa shape index (κ2) is 6.28. The van der Waals surface area contributed by atoms with Crippen molar-refractivity contribution < 1.29 is 5.11 Å². The first-order valence-electron chi connectivity index (χ1n) is 6.86. The highest BCUT2D eigenvalue weighted by Gasteiger charge is 2.17. The summed E-state index contributed by atoms with van der Waals surface area (Å²) < 4.78 is 0. The minimum absolute atomic E-state index is 0.321. The van der Waals surface area contributed by atoms with Crippen LogP contribution < -0.4 is 4.90 Å². The first kappa shape index (κ1) is 13.5. The van der Waals surface area contributed by atoms with Crippen molar-refractivity contribution in [2.75, 3.05) is 11.4 Å². The van der Waals surface area contributed by atoms with Gasteiger partial charge in [0.05, 0.1) is 6.04 Å². The van der Waals surface area contributed by atoms with Gasteiger partial charge >= 0.3 is 0 Å². The van der Waals surface area contributed by atoms with Crippen molar-refractivity contribution in [2.45, 2.75) is 26.3 Å². The molecule has 2 nitrogen and oxygen atoms in total. The summed E-state index contributed by atoms with van der Waals surface area (Å²) in [4.78, 5) is 2.40. The molecule has 2 rings (SSSR count). The number of phenolic OH excluding ortho intramolecular Hbond substituents is 1. The normalized spacial score (nSPS) is 12.1. The SMILES string of the molecule is CCC(c1ccc(O)cc1)N(CC)c1ccccc1. The lowest BCUT2D eigenvalue weighted by atomic mass is 10.0. The van der Waals surface area contributed by atoms with Crippen molar-refractivity contribution in [2.24, 2.45) is 0 Å². The van der Waals surface area contributed by atoms with Gasteiger partial charge in [0.2, 0.25) is 0 Å². The molecular weight excluding hydrogens is 234 g/mol. The van der Waals surface area contributed by atoms with Crippen molar-refractivity contribution in [1.29, 1.82) is 0 Å². The van der Waals surface area contributed by atoms with Gasteiger partial charge in [0, 0.05) is 12.2 Å². The third-order valence-electron chi connectivity index (χ3n) is 3.47. The number of para-hydroxylation sites is 1. The molecule has 0 aliphatic rings. The number of nitrogens with zero attached hydrogens (tertiary/aromatic N) is 1. The van der Waals surface area contributed by atoms with Crippen molar-refractivity contribution in [1.82, 2.24) is 0 Å². The molecule has 2 aromatic carbocycles. The first-order valence-corrected chi connectivity index (χ1v) is 6.86. The van der Waals surface area contributed by atoms with E-state index in [0.717, 1.165) is 13.0 Å². The van der Waals surface area contributed by atoms with E-state index in [1.807, 2.05) is 18.2 Å². The molecule has 1 unspecified atom stereocenters. The van der Waals surface area contributed by atoms with Gasteiger partial charge in [-0.25, -0.2) is 0 Å². The van der Waals surface area contributed by atoms with Crippen LogP contribution >= 0.6 is 0 Å². The lowest BCUT2D eigenvalue weighted by Gasteiger charge is -2.32. The number of aromatic hydroxyl groups is 1. The average molecular weight is 255 g/mol. The molecule has 0 amide bonds. The van der Waals surface area contributed by atoms with E-state index in [-0.39, 0.29) is 0 Å². The Morgan fingerprint density at radius 3 is 2.11 bits per heavy atom. The summed E-state index contributed by atoms with van der Waals surface area (Å²) in [5.74, 6) is 0.321. The highest BCUT2D eigenvalue weighted by atomic mass is 16.3. The minimum Gasteiger partial charge on any atom is -0.508 e. The zero-order valence-corrected chi connectivity index (χ0v) is 11.6. The van der Waals surface area contributed by atoms with Crippen LogP contribution in [-0.4, -0.2) is 11.7 Å². The van der Waals surface area contributed by atoms with E-state index < -0.39 is 0 Å². The topological polar surface area (TPSA) is 23.5 Å². The largest absolute Gasteiger partial charge is 0.508 e.